The van der Waals surface area contributed by atoms with E-state index in [2.05, 4.69) is 0 Å². The van der Waals surface area contributed by atoms with Crippen LogP contribution in [0.3, 0.4) is 0 Å². The summed E-state index contributed by atoms with van der Waals surface area (Å²) in [6, 6.07) is 19.9. The third kappa shape index (κ3) is 4.75. The van der Waals surface area contributed by atoms with Crippen LogP contribution in [0.1, 0.15) is 31.4 Å². The molecular weight excluding hydrogens is 384 g/mol. The molecule has 2 aliphatic heterocycles. The van der Waals surface area contributed by atoms with Crippen LogP contribution in [0.4, 0.5) is 0 Å². The second kappa shape index (κ2) is 9.14. The standard InChI is InChI=1S/C24H30O6/c1-23(2)28-20-21(27-16-19-11-7-4-8-12-19)24(13-14-25,30-22(20)29-23)17-26-15-18-9-5-3-6-10-18/h3-12,20-22,25H,13-17H2,1-2H3/t20-,21+,22+,24?/m1/s1. The van der Waals surface area contributed by atoms with Crippen LogP contribution in [0.15, 0.2) is 60.7 Å². The number of aliphatic hydroxyl groups excluding tert-OH is 1. The molecule has 4 atom stereocenters. The third-order valence-corrected chi connectivity index (χ3v) is 5.52. The number of hydrogen-bond acceptors (Lipinski definition) is 6. The Morgan fingerprint density at radius 3 is 2.13 bits per heavy atom. The Hall–Kier alpha value is -1.80. The van der Waals surface area contributed by atoms with Gasteiger partial charge in [0.25, 0.3) is 0 Å². The molecule has 1 unspecified atom stereocenters. The highest BCUT2D eigenvalue weighted by molar-refractivity contribution is 5.15. The summed E-state index contributed by atoms with van der Waals surface area (Å²) in [6.45, 7) is 4.80. The van der Waals surface area contributed by atoms with Crippen LogP contribution in [-0.4, -0.2) is 48.2 Å². The minimum atomic E-state index is -0.857. The Balaban J connectivity index is 1.51. The van der Waals surface area contributed by atoms with Crippen LogP contribution in [0.25, 0.3) is 0 Å². The third-order valence-electron chi connectivity index (χ3n) is 5.52. The first kappa shape index (κ1) is 21.4. The lowest BCUT2D eigenvalue weighted by atomic mass is 9.92. The van der Waals surface area contributed by atoms with Gasteiger partial charge in [-0.2, -0.15) is 0 Å². The second-order valence-electron chi connectivity index (χ2n) is 8.32. The molecule has 2 aromatic rings. The number of aliphatic hydroxyl groups is 1. The van der Waals surface area contributed by atoms with Gasteiger partial charge in [0.15, 0.2) is 12.1 Å². The van der Waals surface area contributed by atoms with E-state index in [0.29, 0.717) is 19.6 Å². The van der Waals surface area contributed by atoms with Gasteiger partial charge in [0, 0.05) is 13.0 Å². The maximum Gasteiger partial charge on any atom is 0.190 e. The van der Waals surface area contributed by atoms with Gasteiger partial charge in [-0.25, -0.2) is 0 Å². The Bertz CT molecular complexity index is 796. The summed E-state index contributed by atoms with van der Waals surface area (Å²) < 4.78 is 30.8. The van der Waals surface area contributed by atoms with Crippen molar-refractivity contribution in [2.45, 2.75) is 63.4 Å². The molecule has 2 heterocycles. The van der Waals surface area contributed by atoms with Gasteiger partial charge >= 0.3 is 0 Å². The molecule has 1 N–H and O–H groups in total. The zero-order valence-electron chi connectivity index (χ0n) is 17.5. The van der Waals surface area contributed by atoms with Crippen LogP contribution in [0.2, 0.25) is 0 Å². The predicted octanol–water partition coefficient (Wildman–Crippen LogP) is 3.42. The van der Waals surface area contributed by atoms with Crippen molar-refractivity contribution in [3.05, 3.63) is 71.8 Å². The van der Waals surface area contributed by atoms with E-state index >= 15 is 0 Å². The summed E-state index contributed by atoms with van der Waals surface area (Å²) in [6.07, 6.45) is -1.03. The van der Waals surface area contributed by atoms with E-state index in [1.807, 2.05) is 74.5 Å². The maximum absolute atomic E-state index is 9.80. The Morgan fingerprint density at radius 2 is 1.50 bits per heavy atom. The largest absolute Gasteiger partial charge is 0.396 e. The molecule has 6 nitrogen and oxygen atoms in total. The molecule has 2 fully saturated rings. The average molecular weight is 414 g/mol. The summed E-state index contributed by atoms with van der Waals surface area (Å²) in [7, 11) is 0. The van der Waals surface area contributed by atoms with Crippen molar-refractivity contribution in [2.24, 2.45) is 0 Å². The monoisotopic (exact) mass is 414 g/mol. The van der Waals surface area contributed by atoms with Gasteiger partial charge in [0.1, 0.15) is 17.8 Å². The molecule has 2 aromatic carbocycles. The van der Waals surface area contributed by atoms with Crippen LogP contribution in [-0.2, 0) is 36.9 Å². The molecule has 2 aliphatic rings. The average Bonchev–Trinajstić information content (AvgIpc) is 3.17. The summed E-state index contributed by atoms with van der Waals surface area (Å²) >= 11 is 0. The summed E-state index contributed by atoms with van der Waals surface area (Å²) in [5.41, 5.74) is 1.27. The summed E-state index contributed by atoms with van der Waals surface area (Å²) in [5.74, 6) is -0.750. The molecule has 0 aromatic heterocycles. The smallest absolute Gasteiger partial charge is 0.190 e. The number of fused-ring (bicyclic) bond motifs is 1. The van der Waals surface area contributed by atoms with Gasteiger partial charge in [-0.1, -0.05) is 60.7 Å². The molecule has 4 rings (SSSR count). The highest BCUT2D eigenvalue weighted by Gasteiger charge is 2.62. The highest BCUT2D eigenvalue weighted by Crippen LogP contribution is 2.45. The Labute approximate surface area is 177 Å². The first-order valence-corrected chi connectivity index (χ1v) is 10.4. The van der Waals surface area contributed by atoms with Crippen molar-refractivity contribution < 1.29 is 28.8 Å². The van der Waals surface area contributed by atoms with Crippen LogP contribution in [0.5, 0.6) is 0 Å². The Morgan fingerprint density at radius 1 is 0.867 bits per heavy atom. The predicted molar refractivity (Wildman–Crippen MR) is 110 cm³/mol. The van der Waals surface area contributed by atoms with Gasteiger partial charge in [-0.3, -0.25) is 0 Å². The molecule has 2 saturated heterocycles. The topological polar surface area (TPSA) is 66.4 Å². The minimum absolute atomic E-state index is 0.0529. The fourth-order valence-corrected chi connectivity index (χ4v) is 4.15. The molecule has 0 saturated carbocycles. The maximum atomic E-state index is 9.80. The molecule has 0 spiro atoms. The first-order chi connectivity index (χ1) is 14.5. The number of ether oxygens (including phenoxy) is 5. The molecule has 0 bridgehead atoms. The fourth-order valence-electron chi connectivity index (χ4n) is 4.15. The lowest BCUT2D eigenvalue weighted by Gasteiger charge is -2.36. The van der Waals surface area contributed by atoms with Gasteiger partial charge in [-0.15, -0.1) is 0 Å². The molecule has 6 heteroatoms. The molecule has 0 radical (unpaired) electrons. The molecule has 162 valence electrons. The molecule has 0 amide bonds. The van der Waals surface area contributed by atoms with Gasteiger partial charge in [-0.05, 0) is 25.0 Å². The van der Waals surface area contributed by atoms with E-state index < -0.39 is 29.9 Å². The van der Waals surface area contributed by atoms with E-state index in [-0.39, 0.29) is 13.2 Å². The summed E-state index contributed by atoms with van der Waals surface area (Å²) in [4.78, 5) is 0. The van der Waals surface area contributed by atoms with E-state index in [4.69, 9.17) is 23.7 Å². The van der Waals surface area contributed by atoms with Crippen LogP contribution < -0.4 is 0 Å². The van der Waals surface area contributed by atoms with E-state index in [1.54, 1.807) is 0 Å². The zero-order chi connectivity index (χ0) is 21.0. The first-order valence-electron chi connectivity index (χ1n) is 10.4. The van der Waals surface area contributed by atoms with Crippen molar-refractivity contribution in [2.75, 3.05) is 13.2 Å². The van der Waals surface area contributed by atoms with Gasteiger partial charge in [0.05, 0.1) is 19.8 Å². The van der Waals surface area contributed by atoms with Crippen molar-refractivity contribution in [1.29, 1.82) is 0 Å². The molecule has 30 heavy (non-hydrogen) atoms. The van der Waals surface area contributed by atoms with E-state index in [1.165, 1.54) is 0 Å². The van der Waals surface area contributed by atoms with Crippen molar-refractivity contribution in [1.82, 2.24) is 0 Å². The normalized spacial score (nSPS) is 29.8. The Kier molecular flexibility index (Phi) is 6.53. The summed E-state index contributed by atoms with van der Waals surface area (Å²) in [5, 5.41) is 9.80. The van der Waals surface area contributed by atoms with Gasteiger partial charge < -0.3 is 28.8 Å². The van der Waals surface area contributed by atoms with Crippen molar-refractivity contribution >= 4 is 0 Å². The highest BCUT2D eigenvalue weighted by atomic mass is 16.8. The van der Waals surface area contributed by atoms with Crippen molar-refractivity contribution in [3.8, 4) is 0 Å². The number of hydrogen-bond donors (Lipinski definition) is 1. The number of rotatable bonds is 9. The number of benzene rings is 2. The second-order valence-corrected chi connectivity index (χ2v) is 8.32. The van der Waals surface area contributed by atoms with Crippen LogP contribution >= 0.6 is 0 Å². The minimum Gasteiger partial charge on any atom is -0.396 e. The van der Waals surface area contributed by atoms with Crippen molar-refractivity contribution in [3.63, 3.8) is 0 Å². The lowest BCUT2D eigenvalue weighted by molar-refractivity contribution is -0.257. The SMILES string of the molecule is CC1(C)O[C@H]2OC(CCO)(COCc3ccccc3)[C@@H](OCc3ccccc3)[C@H]2O1. The quantitative estimate of drug-likeness (QED) is 0.678. The van der Waals surface area contributed by atoms with E-state index in [9.17, 15) is 5.11 Å². The fraction of sp³-hybridized carbons (Fsp3) is 0.500. The van der Waals surface area contributed by atoms with Crippen LogP contribution in [0, 0.1) is 0 Å². The zero-order valence-corrected chi connectivity index (χ0v) is 17.5. The lowest BCUT2D eigenvalue weighted by Crippen LogP contribution is -2.50. The van der Waals surface area contributed by atoms with Gasteiger partial charge in [0.2, 0.25) is 0 Å². The molecular formula is C24H30O6. The molecule has 0 aliphatic carbocycles. The van der Waals surface area contributed by atoms with E-state index in [0.717, 1.165) is 11.1 Å².